The van der Waals surface area contributed by atoms with Gasteiger partial charge in [-0.15, -0.1) is 0 Å². The van der Waals surface area contributed by atoms with Gasteiger partial charge in [0.1, 0.15) is 5.82 Å². The fourth-order valence-electron chi connectivity index (χ4n) is 1.98. The number of rotatable bonds is 7. The quantitative estimate of drug-likeness (QED) is 0.826. The summed E-state index contributed by atoms with van der Waals surface area (Å²) < 4.78 is 13.0. The maximum Gasteiger partial charge on any atom is 0.307 e. The molecule has 106 valence electrons. The smallest absolute Gasteiger partial charge is 0.307 e. The number of halogens is 1. The minimum atomic E-state index is -0.774. The third-order valence-corrected chi connectivity index (χ3v) is 3.48. The van der Waals surface area contributed by atoms with Crippen LogP contribution in [0.5, 0.6) is 0 Å². The second kappa shape index (κ2) is 7.24. The van der Waals surface area contributed by atoms with Crippen LogP contribution in [0.3, 0.4) is 0 Å². The van der Waals surface area contributed by atoms with Crippen molar-refractivity contribution in [1.29, 1.82) is 0 Å². The largest absolute Gasteiger partial charge is 0.481 e. The Labute approximate surface area is 114 Å². The molecule has 2 unspecified atom stereocenters. The van der Waals surface area contributed by atoms with Gasteiger partial charge in [0.15, 0.2) is 0 Å². The van der Waals surface area contributed by atoms with Gasteiger partial charge in [-0.1, -0.05) is 19.1 Å². The summed E-state index contributed by atoms with van der Waals surface area (Å²) in [5, 5.41) is 8.88. The molecule has 1 aromatic rings. The molecule has 0 heterocycles. The number of carboxylic acids is 1. The number of hydrogen-bond donors (Lipinski definition) is 1. The highest BCUT2D eigenvalue weighted by Gasteiger charge is 2.17. The van der Waals surface area contributed by atoms with E-state index in [4.69, 9.17) is 5.11 Å². The zero-order chi connectivity index (χ0) is 14.4. The molecule has 4 heteroatoms. The first-order valence-electron chi connectivity index (χ1n) is 6.57. The third kappa shape index (κ3) is 5.39. The molecule has 0 spiro atoms. The summed E-state index contributed by atoms with van der Waals surface area (Å²) in [6, 6.07) is 6.88. The number of carbonyl (C=O) groups is 1. The number of aryl methyl sites for hydroxylation is 1. The topological polar surface area (TPSA) is 40.5 Å². The van der Waals surface area contributed by atoms with E-state index in [-0.39, 0.29) is 17.8 Å². The molecular weight excluding hydrogens is 245 g/mol. The maximum absolute atomic E-state index is 13.0. The van der Waals surface area contributed by atoms with Crippen LogP contribution in [0.2, 0.25) is 0 Å². The lowest BCUT2D eigenvalue weighted by molar-refractivity contribution is -0.141. The normalized spacial score (nSPS) is 14.4. The lowest BCUT2D eigenvalue weighted by Gasteiger charge is -2.26. The van der Waals surface area contributed by atoms with Crippen LogP contribution in [-0.2, 0) is 11.2 Å². The van der Waals surface area contributed by atoms with E-state index in [9.17, 15) is 9.18 Å². The van der Waals surface area contributed by atoms with Crippen molar-refractivity contribution in [1.82, 2.24) is 4.90 Å². The molecule has 0 aromatic heterocycles. The molecule has 2 atom stereocenters. The molecule has 0 saturated carbocycles. The number of benzene rings is 1. The van der Waals surface area contributed by atoms with E-state index < -0.39 is 5.97 Å². The monoisotopic (exact) mass is 267 g/mol. The van der Waals surface area contributed by atoms with Crippen LogP contribution in [0.25, 0.3) is 0 Å². The van der Waals surface area contributed by atoms with Gasteiger partial charge in [-0.3, -0.25) is 4.79 Å². The van der Waals surface area contributed by atoms with Gasteiger partial charge in [0.05, 0.1) is 5.92 Å². The van der Waals surface area contributed by atoms with Crippen molar-refractivity contribution in [2.45, 2.75) is 32.7 Å². The van der Waals surface area contributed by atoms with Crippen LogP contribution in [0.1, 0.15) is 25.8 Å². The minimum absolute atomic E-state index is 0.210. The van der Waals surface area contributed by atoms with Crippen LogP contribution in [0.15, 0.2) is 24.3 Å². The van der Waals surface area contributed by atoms with E-state index in [0.717, 1.165) is 18.4 Å². The molecule has 1 aromatic carbocycles. The average molecular weight is 267 g/mol. The first-order valence-corrected chi connectivity index (χ1v) is 6.57. The fourth-order valence-corrected chi connectivity index (χ4v) is 1.98. The standard InChI is InChI=1S/C15H22FNO2/c1-11(15(18)19)10-17(3)12(2)7-8-13-5-4-6-14(16)9-13/h4-6,9,11-12H,7-8,10H2,1-3H3,(H,18,19). The van der Waals surface area contributed by atoms with Crippen molar-refractivity contribution in [3.8, 4) is 0 Å². The Balaban J connectivity index is 2.42. The maximum atomic E-state index is 13.0. The van der Waals surface area contributed by atoms with Crippen molar-refractivity contribution in [3.05, 3.63) is 35.6 Å². The van der Waals surface area contributed by atoms with Gasteiger partial charge < -0.3 is 10.0 Å². The lowest BCUT2D eigenvalue weighted by atomic mass is 10.0. The molecule has 1 rings (SSSR count). The molecule has 1 N–H and O–H groups in total. The molecule has 0 radical (unpaired) electrons. The minimum Gasteiger partial charge on any atom is -0.481 e. The molecule has 19 heavy (non-hydrogen) atoms. The SMILES string of the molecule is CC(CN(C)C(C)CCc1cccc(F)c1)C(=O)O. The highest BCUT2D eigenvalue weighted by Crippen LogP contribution is 2.11. The van der Waals surface area contributed by atoms with E-state index in [1.165, 1.54) is 6.07 Å². The van der Waals surface area contributed by atoms with Gasteiger partial charge in [-0.2, -0.15) is 0 Å². The van der Waals surface area contributed by atoms with Crippen LogP contribution in [0.4, 0.5) is 4.39 Å². The van der Waals surface area contributed by atoms with Gasteiger partial charge in [-0.25, -0.2) is 4.39 Å². The average Bonchev–Trinajstić information content (AvgIpc) is 2.35. The molecule has 0 fully saturated rings. The van der Waals surface area contributed by atoms with Gasteiger partial charge in [-0.05, 0) is 44.5 Å². The Morgan fingerprint density at radius 1 is 1.42 bits per heavy atom. The molecule has 0 amide bonds. The fraction of sp³-hybridized carbons (Fsp3) is 0.533. The molecule has 0 saturated heterocycles. The van der Waals surface area contributed by atoms with E-state index in [0.29, 0.717) is 6.54 Å². The Kier molecular flexibility index (Phi) is 5.96. The Morgan fingerprint density at radius 2 is 2.11 bits per heavy atom. The first kappa shape index (κ1) is 15.6. The summed E-state index contributed by atoms with van der Waals surface area (Å²) in [5.41, 5.74) is 0.978. The second-order valence-corrected chi connectivity index (χ2v) is 5.20. The number of carboxylic acid groups (broad SMARTS) is 1. The van der Waals surface area contributed by atoms with Gasteiger partial charge in [0.2, 0.25) is 0 Å². The van der Waals surface area contributed by atoms with Crippen molar-refractivity contribution in [2.75, 3.05) is 13.6 Å². The Hall–Kier alpha value is -1.42. The summed E-state index contributed by atoms with van der Waals surface area (Å²) in [6.45, 7) is 4.30. The molecule has 0 aliphatic heterocycles. The molecule has 3 nitrogen and oxygen atoms in total. The van der Waals surface area contributed by atoms with Crippen LogP contribution in [0, 0.1) is 11.7 Å². The molecule has 0 aliphatic carbocycles. The lowest BCUT2D eigenvalue weighted by Crippen LogP contribution is -2.35. The summed E-state index contributed by atoms with van der Waals surface area (Å²) in [5.74, 6) is -1.36. The van der Waals surface area contributed by atoms with E-state index in [1.807, 2.05) is 18.0 Å². The first-order chi connectivity index (χ1) is 8.90. The van der Waals surface area contributed by atoms with Crippen molar-refractivity contribution in [3.63, 3.8) is 0 Å². The number of aliphatic carboxylic acids is 1. The summed E-state index contributed by atoms with van der Waals surface area (Å²) >= 11 is 0. The van der Waals surface area contributed by atoms with Gasteiger partial charge in [0, 0.05) is 12.6 Å². The summed E-state index contributed by atoms with van der Waals surface area (Å²) in [6.07, 6.45) is 1.68. The van der Waals surface area contributed by atoms with E-state index in [1.54, 1.807) is 19.1 Å². The summed E-state index contributed by atoms with van der Waals surface area (Å²) in [7, 11) is 1.93. The van der Waals surface area contributed by atoms with E-state index in [2.05, 4.69) is 6.92 Å². The number of nitrogens with zero attached hydrogens (tertiary/aromatic N) is 1. The molecular formula is C15H22FNO2. The predicted molar refractivity (Wildman–Crippen MR) is 73.6 cm³/mol. The highest BCUT2D eigenvalue weighted by atomic mass is 19.1. The Morgan fingerprint density at radius 3 is 2.68 bits per heavy atom. The highest BCUT2D eigenvalue weighted by molar-refractivity contribution is 5.69. The molecule has 0 bridgehead atoms. The zero-order valence-electron chi connectivity index (χ0n) is 11.8. The number of hydrogen-bond acceptors (Lipinski definition) is 2. The summed E-state index contributed by atoms with van der Waals surface area (Å²) in [4.78, 5) is 12.8. The Bertz CT molecular complexity index is 422. The van der Waals surface area contributed by atoms with Crippen LogP contribution >= 0.6 is 0 Å². The predicted octanol–water partition coefficient (Wildman–Crippen LogP) is 2.80. The zero-order valence-corrected chi connectivity index (χ0v) is 11.8. The van der Waals surface area contributed by atoms with Crippen molar-refractivity contribution >= 4 is 5.97 Å². The van der Waals surface area contributed by atoms with Gasteiger partial charge >= 0.3 is 5.97 Å². The molecule has 0 aliphatic rings. The second-order valence-electron chi connectivity index (χ2n) is 5.20. The van der Waals surface area contributed by atoms with Gasteiger partial charge in [0.25, 0.3) is 0 Å². The van der Waals surface area contributed by atoms with Crippen LogP contribution < -0.4 is 0 Å². The van der Waals surface area contributed by atoms with E-state index >= 15 is 0 Å². The van der Waals surface area contributed by atoms with Crippen molar-refractivity contribution in [2.24, 2.45) is 5.92 Å². The van der Waals surface area contributed by atoms with Crippen LogP contribution in [-0.4, -0.2) is 35.6 Å². The third-order valence-electron chi connectivity index (χ3n) is 3.48. The van der Waals surface area contributed by atoms with Crippen molar-refractivity contribution < 1.29 is 14.3 Å².